The molecular weight excluding hydrogens is 344 g/mol. The van der Waals surface area contributed by atoms with Crippen LogP contribution in [0.2, 0.25) is 0 Å². The molecule has 1 aliphatic rings. The SMILES string of the molecule is COc1cccc([C@@H]2c3ccccc3C[C@]2(C)C(=O)Nc2nccs2)c1. The lowest BCUT2D eigenvalue weighted by Gasteiger charge is -2.31. The Morgan fingerprint density at radius 2 is 2.12 bits per heavy atom. The third-order valence-electron chi connectivity index (χ3n) is 5.16. The number of amides is 1. The Morgan fingerprint density at radius 3 is 2.88 bits per heavy atom. The summed E-state index contributed by atoms with van der Waals surface area (Å²) in [5, 5.41) is 5.50. The van der Waals surface area contributed by atoms with Crippen molar-refractivity contribution >= 4 is 22.4 Å². The number of carbonyl (C=O) groups is 1. The molecule has 0 fully saturated rings. The maximum Gasteiger partial charge on any atom is 0.233 e. The molecule has 4 rings (SSSR count). The monoisotopic (exact) mass is 364 g/mol. The quantitative estimate of drug-likeness (QED) is 0.742. The number of benzene rings is 2. The van der Waals surface area contributed by atoms with E-state index in [0.717, 1.165) is 11.3 Å². The van der Waals surface area contributed by atoms with Gasteiger partial charge in [0.1, 0.15) is 5.75 Å². The Bertz CT molecular complexity index is 939. The van der Waals surface area contributed by atoms with Crippen molar-refractivity contribution in [3.8, 4) is 5.75 Å². The zero-order chi connectivity index (χ0) is 18.1. The van der Waals surface area contributed by atoms with E-state index in [0.29, 0.717) is 11.6 Å². The molecule has 2 aromatic carbocycles. The first-order valence-electron chi connectivity index (χ1n) is 8.54. The Hall–Kier alpha value is -2.66. The van der Waals surface area contributed by atoms with Gasteiger partial charge in [0.2, 0.25) is 5.91 Å². The molecule has 1 amide bonds. The second-order valence-electron chi connectivity index (χ2n) is 6.79. The van der Waals surface area contributed by atoms with Crippen LogP contribution >= 0.6 is 11.3 Å². The van der Waals surface area contributed by atoms with Gasteiger partial charge in [0, 0.05) is 17.5 Å². The van der Waals surface area contributed by atoms with E-state index in [2.05, 4.69) is 28.5 Å². The highest BCUT2D eigenvalue weighted by molar-refractivity contribution is 7.13. The lowest BCUT2D eigenvalue weighted by Crippen LogP contribution is -2.37. The molecule has 0 aliphatic heterocycles. The second-order valence-corrected chi connectivity index (χ2v) is 7.69. The van der Waals surface area contributed by atoms with E-state index in [1.54, 1.807) is 13.3 Å². The molecule has 3 aromatic rings. The number of fused-ring (bicyclic) bond motifs is 1. The summed E-state index contributed by atoms with van der Waals surface area (Å²) >= 11 is 1.43. The maximum atomic E-state index is 13.3. The van der Waals surface area contributed by atoms with E-state index in [1.807, 2.05) is 42.6 Å². The van der Waals surface area contributed by atoms with Crippen molar-refractivity contribution < 1.29 is 9.53 Å². The molecule has 1 N–H and O–H groups in total. The number of carbonyl (C=O) groups excluding carboxylic acids is 1. The van der Waals surface area contributed by atoms with Gasteiger partial charge in [-0.1, -0.05) is 36.4 Å². The number of nitrogens with zero attached hydrogens (tertiary/aromatic N) is 1. The molecule has 1 aliphatic carbocycles. The molecule has 26 heavy (non-hydrogen) atoms. The highest BCUT2D eigenvalue weighted by Crippen LogP contribution is 2.51. The Kier molecular flexibility index (Phi) is 4.24. The largest absolute Gasteiger partial charge is 0.497 e. The Balaban J connectivity index is 1.78. The van der Waals surface area contributed by atoms with Gasteiger partial charge in [0.25, 0.3) is 0 Å². The van der Waals surface area contributed by atoms with Crippen LogP contribution in [0.5, 0.6) is 5.75 Å². The van der Waals surface area contributed by atoms with Crippen LogP contribution in [0.3, 0.4) is 0 Å². The molecule has 0 unspecified atom stereocenters. The van der Waals surface area contributed by atoms with Crippen LogP contribution in [-0.2, 0) is 11.2 Å². The topological polar surface area (TPSA) is 51.2 Å². The molecular formula is C21H20N2O2S. The second kappa shape index (κ2) is 6.57. The number of ether oxygens (including phenoxy) is 1. The van der Waals surface area contributed by atoms with Crippen LogP contribution in [0.15, 0.2) is 60.1 Å². The molecule has 1 heterocycles. The molecule has 0 saturated carbocycles. The lowest BCUT2D eigenvalue weighted by atomic mass is 9.73. The third kappa shape index (κ3) is 2.78. The van der Waals surface area contributed by atoms with Crippen LogP contribution in [-0.4, -0.2) is 18.0 Å². The van der Waals surface area contributed by atoms with Crippen LogP contribution in [0.4, 0.5) is 5.13 Å². The van der Waals surface area contributed by atoms with Gasteiger partial charge in [-0.15, -0.1) is 11.3 Å². The lowest BCUT2D eigenvalue weighted by molar-refractivity contribution is -0.125. The summed E-state index contributed by atoms with van der Waals surface area (Å²) < 4.78 is 5.41. The molecule has 4 nitrogen and oxygen atoms in total. The average molecular weight is 364 g/mol. The summed E-state index contributed by atoms with van der Waals surface area (Å²) in [6.45, 7) is 2.04. The van der Waals surface area contributed by atoms with Gasteiger partial charge in [0.15, 0.2) is 5.13 Å². The normalized spacial score (nSPS) is 21.2. The molecule has 5 heteroatoms. The molecule has 1 aromatic heterocycles. The standard InChI is InChI=1S/C21H20N2O2S/c1-21(19(24)23-20-22-10-11-26-20)13-15-6-3-4-9-17(15)18(21)14-7-5-8-16(12-14)25-2/h3-12,18H,13H2,1-2H3,(H,22,23,24)/t18-,21+/m1/s1. The van der Waals surface area contributed by atoms with E-state index < -0.39 is 5.41 Å². The molecule has 0 radical (unpaired) electrons. The fourth-order valence-corrected chi connectivity index (χ4v) is 4.45. The highest BCUT2D eigenvalue weighted by atomic mass is 32.1. The van der Waals surface area contributed by atoms with Crippen molar-refractivity contribution in [2.24, 2.45) is 5.41 Å². The third-order valence-corrected chi connectivity index (χ3v) is 5.85. The summed E-state index contributed by atoms with van der Waals surface area (Å²) in [5.74, 6) is 0.764. The maximum absolute atomic E-state index is 13.3. The van der Waals surface area contributed by atoms with Crippen molar-refractivity contribution in [2.45, 2.75) is 19.3 Å². The summed E-state index contributed by atoms with van der Waals surface area (Å²) in [4.78, 5) is 17.5. The zero-order valence-corrected chi connectivity index (χ0v) is 15.5. The summed E-state index contributed by atoms with van der Waals surface area (Å²) in [6.07, 6.45) is 2.40. The van der Waals surface area contributed by atoms with E-state index in [9.17, 15) is 4.79 Å². The minimum Gasteiger partial charge on any atom is -0.497 e. The number of hydrogen-bond acceptors (Lipinski definition) is 4. The smallest absolute Gasteiger partial charge is 0.233 e. The Labute approximate surface area is 156 Å². The van der Waals surface area contributed by atoms with Crippen molar-refractivity contribution in [1.29, 1.82) is 0 Å². The molecule has 132 valence electrons. The fourth-order valence-electron chi connectivity index (χ4n) is 3.92. The molecule has 0 spiro atoms. The number of thiazole rings is 1. The molecule has 2 atom stereocenters. The average Bonchev–Trinajstić information content (AvgIpc) is 3.27. The predicted octanol–water partition coefficient (Wildman–Crippen LogP) is 4.48. The van der Waals surface area contributed by atoms with Gasteiger partial charge < -0.3 is 10.1 Å². The zero-order valence-electron chi connectivity index (χ0n) is 14.7. The number of aromatic nitrogens is 1. The minimum absolute atomic E-state index is 0.00327. The fraction of sp³-hybridized carbons (Fsp3) is 0.238. The van der Waals surface area contributed by atoms with Crippen LogP contribution in [0.1, 0.15) is 29.5 Å². The van der Waals surface area contributed by atoms with E-state index in [-0.39, 0.29) is 11.8 Å². The van der Waals surface area contributed by atoms with Gasteiger partial charge in [-0.3, -0.25) is 4.79 Å². The minimum atomic E-state index is -0.596. The van der Waals surface area contributed by atoms with Crippen molar-refractivity contribution in [3.63, 3.8) is 0 Å². The van der Waals surface area contributed by atoms with Crippen LogP contribution < -0.4 is 10.1 Å². The predicted molar refractivity (Wildman–Crippen MR) is 104 cm³/mol. The Morgan fingerprint density at radius 1 is 1.27 bits per heavy atom. The van der Waals surface area contributed by atoms with Crippen LogP contribution in [0.25, 0.3) is 0 Å². The summed E-state index contributed by atoms with van der Waals surface area (Å²) in [6, 6.07) is 16.3. The number of methoxy groups -OCH3 is 1. The molecule has 0 saturated heterocycles. The summed E-state index contributed by atoms with van der Waals surface area (Å²) in [5.41, 5.74) is 2.92. The first kappa shape index (κ1) is 16.8. The van der Waals surface area contributed by atoms with Gasteiger partial charge in [-0.2, -0.15) is 0 Å². The first-order chi connectivity index (χ1) is 12.6. The van der Waals surface area contributed by atoms with Crippen molar-refractivity contribution in [2.75, 3.05) is 12.4 Å². The van der Waals surface area contributed by atoms with E-state index in [4.69, 9.17) is 4.74 Å². The number of hydrogen-bond donors (Lipinski definition) is 1. The number of rotatable bonds is 4. The molecule has 0 bridgehead atoms. The summed E-state index contributed by atoms with van der Waals surface area (Å²) in [7, 11) is 1.66. The van der Waals surface area contributed by atoms with Crippen molar-refractivity contribution in [1.82, 2.24) is 4.98 Å². The number of nitrogens with one attached hydrogen (secondary N) is 1. The van der Waals surface area contributed by atoms with Gasteiger partial charge >= 0.3 is 0 Å². The van der Waals surface area contributed by atoms with E-state index in [1.165, 1.54) is 22.5 Å². The van der Waals surface area contributed by atoms with Crippen molar-refractivity contribution in [3.05, 3.63) is 76.8 Å². The van der Waals surface area contributed by atoms with Gasteiger partial charge in [-0.05, 0) is 42.2 Å². The highest BCUT2D eigenvalue weighted by Gasteiger charge is 2.48. The van der Waals surface area contributed by atoms with Crippen LogP contribution in [0, 0.1) is 5.41 Å². The first-order valence-corrected chi connectivity index (χ1v) is 9.42. The van der Waals surface area contributed by atoms with Gasteiger partial charge in [0.05, 0.1) is 12.5 Å². The number of anilines is 1. The van der Waals surface area contributed by atoms with E-state index >= 15 is 0 Å². The van der Waals surface area contributed by atoms with Gasteiger partial charge in [-0.25, -0.2) is 4.98 Å².